The Bertz CT molecular complexity index is 1080. The van der Waals surface area contributed by atoms with E-state index in [2.05, 4.69) is 25.8 Å². The van der Waals surface area contributed by atoms with E-state index >= 15 is 0 Å². The minimum atomic E-state index is -0.543. The van der Waals surface area contributed by atoms with Crippen LogP contribution >= 0.6 is 0 Å². The lowest BCUT2D eigenvalue weighted by atomic mass is 10.2. The lowest BCUT2D eigenvalue weighted by molar-refractivity contribution is 0.0939. The number of anilines is 1. The van der Waals surface area contributed by atoms with Gasteiger partial charge in [0.1, 0.15) is 6.26 Å². The summed E-state index contributed by atoms with van der Waals surface area (Å²) in [5.41, 5.74) is 0.787. The van der Waals surface area contributed by atoms with Crippen LogP contribution in [0.2, 0.25) is 0 Å². The zero-order chi connectivity index (χ0) is 19.3. The van der Waals surface area contributed by atoms with E-state index in [1.54, 1.807) is 6.07 Å². The molecule has 0 radical (unpaired) electrons. The Morgan fingerprint density at radius 3 is 2.61 bits per heavy atom. The minimum absolute atomic E-state index is 0.0135. The number of nitrogens with zero attached hydrogens (tertiary/aromatic N) is 3. The van der Waals surface area contributed by atoms with Gasteiger partial charge in [-0.3, -0.25) is 14.9 Å². The SMILES string of the molecule is O=C(NCc1nc(-c2ccccc2)no1)c1coc(NC(=O)c2ccco2)n1. The fourth-order valence-corrected chi connectivity index (χ4v) is 2.28. The van der Waals surface area contributed by atoms with Crippen molar-refractivity contribution in [3.8, 4) is 11.4 Å². The van der Waals surface area contributed by atoms with E-state index < -0.39 is 11.8 Å². The Hall–Kier alpha value is -4.21. The summed E-state index contributed by atoms with van der Waals surface area (Å²) in [4.78, 5) is 32.1. The summed E-state index contributed by atoms with van der Waals surface area (Å²) in [5, 5.41) is 8.84. The molecular weight excluding hydrogens is 366 g/mol. The molecular formula is C18H13N5O5. The van der Waals surface area contributed by atoms with Crippen molar-refractivity contribution in [2.45, 2.75) is 6.54 Å². The fraction of sp³-hybridized carbons (Fsp3) is 0.0556. The van der Waals surface area contributed by atoms with Gasteiger partial charge in [-0.05, 0) is 12.1 Å². The number of hydrogen-bond donors (Lipinski definition) is 2. The average Bonchev–Trinajstić information content (AvgIpc) is 3.48. The number of oxazole rings is 1. The molecule has 0 saturated heterocycles. The maximum atomic E-state index is 12.2. The highest BCUT2D eigenvalue weighted by Crippen LogP contribution is 2.15. The summed E-state index contributed by atoms with van der Waals surface area (Å²) < 4.78 is 15.1. The summed E-state index contributed by atoms with van der Waals surface area (Å²) in [6.07, 6.45) is 2.49. The molecule has 0 atom stereocenters. The summed E-state index contributed by atoms with van der Waals surface area (Å²) in [6.45, 7) is 0.0135. The van der Waals surface area contributed by atoms with Crippen molar-refractivity contribution in [2.75, 3.05) is 5.32 Å². The largest absolute Gasteiger partial charge is 0.459 e. The highest BCUT2D eigenvalue weighted by atomic mass is 16.5. The van der Waals surface area contributed by atoms with Gasteiger partial charge in [0.15, 0.2) is 11.5 Å². The van der Waals surface area contributed by atoms with Crippen molar-refractivity contribution in [1.29, 1.82) is 0 Å². The lowest BCUT2D eigenvalue weighted by Gasteiger charge is -1.98. The van der Waals surface area contributed by atoms with Gasteiger partial charge in [0.05, 0.1) is 12.8 Å². The van der Waals surface area contributed by atoms with Crippen LogP contribution in [0, 0.1) is 0 Å². The van der Waals surface area contributed by atoms with Gasteiger partial charge in [-0.2, -0.15) is 9.97 Å². The number of nitrogens with one attached hydrogen (secondary N) is 2. The number of carbonyl (C=O) groups is 2. The Balaban J connectivity index is 1.34. The lowest BCUT2D eigenvalue weighted by Crippen LogP contribution is -2.23. The zero-order valence-corrected chi connectivity index (χ0v) is 14.3. The zero-order valence-electron chi connectivity index (χ0n) is 14.3. The fourth-order valence-electron chi connectivity index (χ4n) is 2.28. The van der Waals surface area contributed by atoms with Crippen LogP contribution in [0.1, 0.15) is 26.9 Å². The molecule has 0 aliphatic heterocycles. The first-order chi connectivity index (χ1) is 13.7. The molecule has 2 amide bonds. The maximum Gasteiger partial charge on any atom is 0.302 e. The molecule has 3 aromatic heterocycles. The Labute approximate surface area is 157 Å². The van der Waals surface area contributed by atoms with E-state index in [9.17, 15) is 9.59 Å². The van der Waals surface area contributed by atoms with Gasteiger partial charge < -0.3 is 18.7 Å². The summed E-state index contributed by atoms with van der Waals surface area (Å²) in [7, 11) is 0. The molecule has 0 unspecified atom stereocenters. The van der Waals surface area contributed by atoms with Crippen LogP contribution in [-0.4, -0.2) is 26.9 Å². The molecule has 0 spiro atoms. The molecule has 0 aliphatic carbocycles. The van der Waals surface area contributed by atoms with Gasteiger partial charge in [-0.25, -0.2) is 0 Å². The van der Waals surface area contributed by atoms with Crippen molar-refractivity contribution in [1.82, 2.24) is 20.4 Å². The third-order valence-electron chi connectivity index (χ3n) is 3.60. The monoisotopic (exact) mass is 379 g/mol. The first-order valence-electron chi connectivity index (χ1n) is 8.15. The normalized spacial score (nSPS) is 10.6. The van der Waals surface area contributed by atoms with Gasteiger partial charge >= 0.3 is 6.01 Å². The van der Waals surface area contributed by atoms with Crippen LogP contribution in [0.5, 0.6) is 0 Å². The molecule has 3 heterocycles. The second kappa shape index (κ2) is 7.58. The van der Waals surface area contributed by atoms with Crippen LogP contribution in [-0.2, 0) is 6.54 Å². The first-order valence-corrected chi connectivity index (χ1v) is 8.15. The maximum absolute atomic E-state index is 12.2. The second-order valence-corrected chi connectivity index (χ2v) is 5.53. The Morgan fingerprint density at radius 1 is 0.964 bits per heavy atom. The van der Waals surface area contributed by atoms with Gasteiger partial charge in [-0.1, -0.05) is 35.5 Å². The standard InChI is InChI=1S/C18H13N5O5/c24-16(12-10-27-18(20-12)22-17(25)13-7-4-8-26-13)19-9-14-21-15(23-28-14)11-5-2-1-3-6-11/h1-8,10H,9H2,(H,19,24)(H,20,22,25). The van der Waals surface area contributed by atoms with E-state index in [0.29, 0.717) is 5.82 Å². The molecule has 1 aromatic carbocycles. The van der Waals surface area contributed by atoms with Crippen molar-refractivity contribution in [3.05, 3.63) is 72.3 Å². The van der Waals surface area contributed by atoms with Crippen LogP contribution in [0.15, 0.2) is 68.3 Å². The van der Waals surface area contributed by atoms with E-state index in [0.717, 1.165) is 11.8 Å². The molecule has 4 rings (SSSR count). The number of benzene rings is 1. The molecule has 0 aliphatic rings. The minimum Gasteiger partial charge on any atom is -0.459 e. The van der Waals surface area contributed by atoms with Gasteiger partial charge in [-0.15, -0.1) is 0 Å². The van der Waals surface area contributed by atoms with Crippen LogP contribution in [0.3, 0.4) is 0 Å². The predicted molar refractivity (Wildman–Crippen MR) is 94.1 cm³/mol. The van der Waals surface area contributed by atoms with E-state index in [4.69, 9.17) is 13.4 Å². The number of rotatable bonds is 6. The van der Waals surface area contributed by atoms with Gasteiger partial charge in [0.25, 0.3) is 11.8 Å². The predicted octanol–water partition coefficient (Wildman–Crippen LogP) is 2.50. The smallest absolute Gasteiger partial charge is 0.302 e. The van der Waals surface area contributed by atoms with Gasteiger partial charge in [0, 0.05) is 5.56 Å². The third-order valence-corrected chi connectivity index (χ3v) is 3.60. The molecule has 0 saturated carbocycles. The molecule has 0 fully saturated rings. The molecule has 10 heteroatoms. The molecule has 10 nitrogen and oxygen atoms in total. The summed E-state index contributed by atoms with van der Waals surface area (Å²) in [5.74, 6) is -0.314. The first kappa shape index (κ1) is 17.2. The highest BCUT2D eigenvalue weighted by molar-refractivity contribution is 6.01. The molecule has 0 bridgehead atoms. The van der Waals surface area contributed by atoms with E-state index in [1.807, 2.05) is 30.3 Å². The average molecular weight is 379 g/mol. The Kier molecular flexibility index (Phi) is 4.66. The Morgan fingerprint density at radius 2 is 1.82 bits per heavy atom. The summed E-state index contributed by atoms with van der Waals surface area (Å²) >= 11 is 0. The number of aromatic nitrogens is 3. The molecule has 2 N–H and O–H groups in total. The second-order valence-electron chi connectivity index (χ2n) is 5.53. The number of carbonyl (C=O) groups excluding carboxylic acids is 2. The van der Waals surface area contributed by atoms with Crippen molar-refractivity contribution >= 4 is 17.8 Å². The summed E-state index contributed by atoms with van der Waals surface area (Å²) in [6, 6.07) is 12.2. The molecule has 28 heavy (non-hydrogen) atoms. The van der Waals surface area contributed by atoms with Crippen molar-refractivity contribution in [2.24, 2.45) is 0 Å². The van der Waals surface area contributed by atoms with E-state index in [-0.39, 0.29) is 29.9 Å². The van der Waals surface area contributed by atoms with E-state index in [1.165, 1.54) is 12.3 Å². The van der Waals surface area contributed by atoms with Crippen LogP contribution in [0.25, 0.3) is 11.4 Å². The topological polar surface area (TPSA) is 136 Å². The molecule has 140 valence electrons. The van der Waals surface area contributed by atoms with Crippen LogP contribution < -0.4 is 10.6 Å². The van der Waals surface area contributed by atoms with Gasteiger partial charge in [0.2, 0.25) is 11.7 Å². The third kappa shape index (κ3) is 3.80. The number of hydrogen-bond acceptors (Lipinski definition) is 8. The van der Waals surface area contributed by atoms with Crippen molar-refractivity contribution in [3.63, 3.8) is 0 Å². The number of furan rings is 1. The van der Waals surface area contributed by atoms with Crippen LogP contribution in [0.4, 0.5) is 6.01 Å². The molecule has 4 aromatic rings. The van der Waals surface area contributed by atoms with Crippen molar-refractivity contribution < 1.29 is 22.9 Å². The highest BCUT2D eigenvalue weighted by Gasteiger charge is 2.17. The number of amides is 2. The quantitative estimate of drug-likeness (QED) is 0.521.